The lowest BCUT2D eigenvalue weighted by Crippen LogP contribution is -2.48. The van der Waals surface area contributed by atoms with Gasteiger partial charge in [-0.1, -0.05) is 13.8 Å². The second kappa shape index (κ2) is 5.65. The van der Waals surface area contributed by atoms with E-state index in [4.69, 9.17) is 4.74 Å². The van der Waals surface area contributed by atoms with E-state index in [0.717, 1.165) is 26.1 Å². The number of morpholine rings is 1. The maximum atomic E-state index is 12.0. The van der Waals surface area contributed by atoms with Crippen molar-refractivity contribution in [3.63, 3.8) is 0 Å². The van der Waals surface area contributed by atoms with E-state index in [9.17, 15) is 9.59 Å². The van der Waals surface area contributed by atoms with Gasteiger partial charge in [-0.15, -0.1) is 0 Å². The fourth-order valence-corrected chi connectivity index (χ4v) is 3.13. The molecule has 1 aromatic heterocycles. The Morgan fingerprint density at radius 1 is 1.48 bits per heavy atom. The number of nitrogens with one attached hydrogen (secondary N) is 3. The summed E-state index contributed by atoms with van der Waals surface area (Å²) in [5, 5.41) is 2.98. The van der Waals surface area contributed by atoms with Crippen molar-refractivity contribution >= 4 is 5.91 Å². The number of ether oxygens (including phenoxy) is 1. The number of aromatic amines is 2. The average molecular weight is 294 g/mol. The van der Waals surface area contributed by atoms with Gasteiger partial charge >= 0.3 is 5.69 Å². The lowest BCUT2D eigenvalue weighted by Gasteiger charge is -2.36. The maximum absolute atomic E-state index is 12.0. The van der Waals surface area contributed by atoms with Gasteiger partial charge in [0.2, 0.25) is 0 Å². The molecule has 0 bridgehead atoms. The molecule has 0 spiro atoms. The minimum atomic E-state index is -0.364. The van der Waals surface area contributed by atoms with Crippen LogP contribution in [0.25, 0.3) is 0 Å². The number of H-pyrrole nitrogens is 2. The Bertz CT molecular complexity index is 565. The summed E-state index contributed by atoms with van der Waals surface area (Å²) < 4.78 is 5.89. The van der Waals surface area contributed by atoms with Crippen LogP contribution >= 0.6 is 0 Å². The Balaban J connectivity index is 1.57. The molecule has 1 aromatic rings. The molecule has 2 saturated heterocycles. The third-order valence-corrected chi connectivity index (χ3v) is 4.36. The topological polar surface area (TPSA) is 90.2 Å². The van der Waals surface area contributed by atoms with Gasteiger partial charge in [-0.2, -0.15) is 0 Å². The van der Waals surface area contributed by atoms with Gasteiger partial charge in [-0.25, -0.2) is 4.79 Å². The zero-order valence-electron chi connectivity index (χ0n) is 12.4. The number of carbonyl (C=O) groups excluding carboxylic acids is 1. The predicted molar refractivity (Wildman–Crippen MR) is 77.2 cm³/mol. The number of fused-ring (bicyclic) bond motifs is 1. The van der Waals surface area contributed by atoms with Gasteiger partial charge in [0.25, 0.3) is 5.91 Å². The summed E-state index contributed by atoms with van der Waals surface area (Å²) in [7, 11) is 0. The van der Waals surface area contributed by atoms with Gasteiger partial charge in [0.05, 0.1) is 12.7 Å². The van der Waals surface area contributed by atoms with Crippen molar-refractivity contribution in [2.75, 3.05) is 19.7 Å². The maximum Gasteiger partial charge on any atom is 0.323 e. The van der Waals surface area contributed by atoms with Crippen LogP contribution in [0, 0.1) is 5.92 Å². The molecule has 0 aromatic carbocycles. The summed E-state index contributed by atoms with van der Waals surface area (Å²) in [6.45, 7) is 6.84. The molecule has 2 aliphatic heterocycles. The molecule has 3 atom stereocenters. The van der Waals surface area contributed by atoms with E-state index in [1.807, 2.05) is 0 Å². The third kappa shape index (κ3) is 3.03. The molecule has 3 N–H and O–H groups in total. The molecule has 3 heterocycles. The molecule has 7 heteroatoms. The second-order valence-electron chi connectivity index (χ2n) is 6.29. The van der Waals surface area contributed by atoms with E-state index in [1.165, 1.54) is 6.20 Å². The van der Waals surface area contributed by atoms with Crippen LogP contribution in [0.5, 0.6) is 0 Å². The summed E-state index contributed by atoms with van der Waals surface area (Å²) in [4.78, 5) is 30.4. The highest BCUT2D eigenvalue weighted by Crippen LogP contribution is 2.25. The van der Waals surface area contributed by atoms with E-state index in [-0.39, 0.29) is 29.4 Å². The highest BCUT2D eigenvalue weighted by molar-refractivity contribution is 5.92. The van der Waals surface area contributed by atoms with Crippen LogP contribution in [-0.2, 0) is 4.74 Å². The summed E-state index contributed by atoms with van der Waals surface area (Å²) in [6, 6.07) is 0.492. The number of hydrogen-bond acceptors (Lipinski definition) is 4. The molecule has 0 unspecified atom stereocenters. The van der Waals surface area contributed by atoms with Crippen LogP contribution in [0.4, 0.5) is 0 Å². The van der Waals surface area contributed by atoms with Gasteiger partial charge in [0, 0.05) is 31.4 Å². The van der Waals surface area contributed by atoms with E-state index in [1.54, 1.807) is 0 Å². The highest BCUT2D eigenvalue weighted by atomic mass is 16.5. The zero-order chi connectivity index (χ0) is 15.0. The normalized spacial score (nSPS) is 29.6. The molecule has 0 radical (unpaired) electrons. The van der Waals surface area contributed by atoms with Crippen molar-refractivity contribution in [2.24, 2.45) is 5.92 Å². The van der Waals surface area contributed by atoms with Gasteiger partial charge < -0.3 is 20.0 Å². The molecule has 0 saturated carbocycles. The van der Waals surface area contributed by atoms with E-state index in [2.05, 4.69) is 34.0 Å². The Kier molecular flexibility index (Phi) is 3.86. The molecular formula is C14H22N4O3. The molecule has 116 valence electrons. The first-order valence-electron chi connectivity index (χ1n) is 7.47. The SMILES string of the molecule is CC(C)[C@@H]1CN2C[C@H](NC(=O)c3c[nH]c(=O)[nH]3)C[C@H]2CO1. The highest BCUT2D eigenvalue weighted by Gasteiger charge is 2.38. The van der Waals surface area contributed by atoms with Crippen LogP contribution < -0.4 is 11.0 Å². The number of hydrogen-bond donors (Lipinski definition) is 3. The average Bonchev–Trinajstić information content (AvgIpc) is 3.03. The van der Waals surface area contributed by atoms with Gasteiger partial charge in [-0.3, -0.25) is 9.69 Å². The number of nitrogens with zero attached hydrogens (tertiary/aromatic N) is 1. The van der Waals surface area contributed by atoms with Crippen molar-refractivity contribution in [1.29, 1.82) is 0 Å². The van der Waals surface area contributed by atoms with Gasteiger partial charge in [-0.05, 0) is 12.3 Å². The smallest absolute Gasteiger partial charge is 0.323 e. The molecule has 7 nitrogen and oxygen atoms in total. The summed E-state index contributed by atoms with van der Waals surface area (Å²) in [6.07, 6.45) is 2.57. The first-order valence-corrected chi connectivity index (χ1v) is 7.47. The summed E-state index contributed by atoms with van der Waals surface area (Å²) in [5.41, 5.74) is -0.0849. The number of aromatic nitrogens is 2. The van der Waals surface area contributed by atoms with Crippen LogP contribution in [0.1, 0.15) is 30.8 Å². The minimum absolute atomic E-state index is 0.107. The third-order valence-electron chi connectivity index (χ3n) is 4.36. The molecule has 0 aliphatic carbocycles. The van der Waals surface area contributed by atoms with Crippen molar-refractivity contribution < 1.29 is 9.53 Å². The molecule has 2 aliphatic rings. The van der Waals surface area contributed by atoms with Crippen LogP contribution in [0.15, 0.2) is 11.0 Å². The standard InChI is InChI=1S/C14H22N4O3/c1-8(2)12-6-18-5-9(3-10(18)7-21-12)16-13(19)11-4-15-14(20)17-11/h4,8-10,12H,3,5-7H2,1-2H3,(H,16,19)(H2,15,17,20)/t9-,10+,12+/m1/s1. The van der Waals surface area contributed by atoms with Crippen molar-refractivity contribution in [3.8, 4) is 0 Å². The lowest BCUT2D eigenvalue weighted by atomic mass is 10.0. The monoisotopic (exact) mass is 294 g/mol. The first-order chi connectivity index (χ1) is 10.0. The van der Waals surface area contributed by atoms with Gasteiger partial charge in [0.15, 0.2) is 0 Å². The molecular weight excluding hydrogens is 272 g/mol. The number of rotatable bonds is 3. The fourth-order valence-electron chi connectivity index (χ4n) is 3.13. The minimum Gasteiger partial charge on any atom is -0.375 e. The predicted octanol–water partition coefficient (Wildman–Crippen LogP) is -0.0695. The zero-order valence-corrected chi connectivity index (χ0v) is 12.4. The number of imidazole rings is 1. The van der Waals surface area contributed by atoms with Crippen LogP contribution in [0.3, 0.4) is 0 Å². The van der Waals surface area contributed by atoms with Crippen LogP contribution in [-0.4, -0.2) is 58.7 Å². The van der Waals surface area contributed by atoms with Crippen molar-refractivity contribution in [2.45, 2.75) is 38.5 Å². The lowest BCUT2D eigenvalue weighted by molar-refractivity contribution is -0.0683. The van der Waals surface area contributed by atoms with Crippen molar-refractivity contribution in [1.82, 2.24) is 20.2 Å². The number of carbonyl (C=O) groups is 1. The second-order valence-corrected chi connectivity index (χ2v) is 6.29. The molecule has 2 fully saturated rings. The molecule has 1 amide bonds. The quantitative estimate of drug-likeness (QED) is 0.728. The Labute approximate surface area is 123 Å². The first kappa shape index (κ1) is 14.3. The fraction of sp³-hybridized carbons (Fsp3) is 0.714. The molecule has 21 heavy (non-hydrogen) atoms. The van der Waals surface area contributed by atoms with E-state index >= 15 is 0 Å². The Morgan fingerprint density at radius 3 is 2.95 bits per heavy atom. The summed E-state index contributed by atoms with van der Waals surface area (Å²) >= 11 is 0. The Hall–Kier alpha value is -1.60. The van der Waals surface area contributed by atoms with Gasteiger partial charge in [0.1, 0.15) is 5.69 Å². The summed E-state index contributed by atoms with van der Waals surface area (Å²) in [5.74, 6) is 0.268. The van der Waals surface area contributed by atoms with E-state index < -0.39 is 0 Å². The number of amides is 1. The molecule has 3 rings (SSSR count). The largest absolute Gasteiger partial charge is 0.375 e. The van der Waals surface area contributed by atoms with E-state index in [0.29, 0.717) is 12.0 Å². The Morgan fingerprint density at radius 2 is 2.29 bits per heavy atom. The van der Waals surface area contributed by atoms with Crippen molar-refractivity contribution in [3.05, 3.63) is 22.4 Å². The van der Waals surface area contributed by atoms with Crippen LogP contribution in [0.2, 0.25) is 0 Å².